The van der Waals surface area contributed by atoms with Crippen molar-refractivity contribution >= 4 is 23.1 Å². The van der Waals surface area contributed by atoms with Crippen molar-refractivity contribution in [2.45, 2.75) is 26.3 Å². The monoisotopic (exact) mass is 261 g/mol. The highest BCUT2D eigenvalue weighted by Crippen LogP contribution is 2.00. The summed E-state index contributed by atoms with van der Waals surface area (Å²) >= 11 is 4.88. The Balaban J connectivity index is 4.22. The Morgan fingerprint density at radius 2 is 2.24 bits per heavy atom. The number of carbonyl (C=O) groups is 1. The first-order valence-electron chi connectivity index (χ1n) is 5.81. The molecule has 0 bridgehead atoms. The van der Waals surface area contributed by atoms with Crippen LogP contribution in [0, 0.1) is 0 Å². The Labute approximate surface area is 109 Å². The highest BCUT2D eigenvalue weighted by Gasteiger charge is 2.20. The second kappa shape index (κ2) is 9.32. The van der Waals surface area contributed by atoms with E-state index >= 15 is 0 Å². The van der Waals surface area contributed by atoms with E-state index in [0.717, 1.165) is 13.0 Å². The minimum Gasteiger partial charge on any atom is -0.392 e. The van der Waals surface area contributed by atoms with Gasteiger partial charge < -0.3 is 15.8 Å². The van der Waals surface area contributed by atoms with E-state index in [0.29, 0.717) is 24.7 Å². The third-order valence-corrected chi connectivity index (χ3v) is 2.53. The molecule has 0 saturated carbocycles. The summed E-state index contributed by atoms with van der Waals surface area (Å²) in [5.74, 6) is -0.0215. The fraction of sp³-hybridized carbons (Fsp3) is 0.818. The zero-order chi connectivity index (χ0) is 13.3. The number of nitrogens with two attached hydrogens (primary N) is 1. The van der Waals surface area contributed by atoms with Gasteiger partial charge in [-0.15, -0.1) is 0 Å². The summed E-state index contributed by atoms with van der Waals surface area (Å²) < 4.78 is 4.88. The lowest BCUT2D eigenvalue weighted by Gasteiger charge is -2.27. The minimum absolute atomic E-state index is 0.0215. The average molecular weight is 261 g/mol. The lowest BCUT2D eigenvalue weighted by molar-refractivity contribution is -0.125. The molecule has 5 nitrogen and oxygen atoms in total. The zero-order valence-corrected chi connectivity index (χ0v) is 11.7. The van der Waals surface area contributed by atoms with Crippen molar-refractivity contribution in [1.82, 2.24) is 10.2 Å². The van der Waals surface area contributed by atoms with Crippen LogP contribution in [0.25, 0.3) is 0 Å². The van der Waals surface area contributed by atoms with Crippen molar-refractivity contribution in [3.63, 3.8) is 0 Å². The summed E-state index contributed by atoms with van der Waals surface area (Å²) in [6.45, 7) is 6.23. The molecule has 6 heteroatoms. The van der Waals surface area contributed by atoms with Crippen LogP contribution < -0.4 is 11.1 Å². The first-order chi connectivity index (χ1) is 8.02. The normalized spacial score (nSPS) is 12.5. The molecular weight excluding hydrogens is 238 g/mol. The van der Waals surface area contributed by atoms with Gasteiger partial charge in [-0.05, 0) is 19.9 Å². The predicted octanol–water partition coefficient (Wildman–Crippen LogP) is 0.136. The van der Waals surface area contributed by atoms with Crippen LogP contribution in [0.15, 0.2) is 0 Å². The number of methoxy groups -OCH3 is 1. The van der Waals surface area contributed by atoms with Gasteiger partial charge in [0.25, 0.3) is 0 Å². The summed E-state index contributed by atoms with van der Waals surface area (Å²) in [6.07, 6.45) is 0.957. The molecule has 1 amide bonds. The van der Waals surface area contributed by atoms with Gasteiger partial charge in [0, 0.05) is 20.2 Å². The molecule has 0 aromatic carbocycles. The van der Waals surface area contributed by atoms with Crippen molar-refractivity contribution in [3.05, 3.63) is 0 Å². The lowest BCUT2D eigenvalue weighted by Crippen LogP contribution is -2.48. The maximum Gasteiger partial charge on any atom is 0.237 e. The van der Waals surface area contributed by atoms with Gasteiger partial charge in [-0.1, -0.05) is 19.1 Å². The molecule has 0 rings (SSSR count). The van der Waals surface area contributed by atoms with Crippen molar-refractivity contribution in [3.8, 4) is 0 Å². The highest BCUT2D eigenvalue weighted by atomic mass is 32.1. The van der Waals surface area contributed by atoms with Gasteiger partial charge in [-0.3, -0.25) is 9.69 Å². The van der Waals surface area contributed by atoms with Crippen LogP contribution in [0.1, 0.15) is 20.3 Å². The van der Waals surface area contributed by atoms with Gasteiger partial charge in [-0.2, -0.15) is 0 Å². The van der Waals surface area contributed by atoms with Crippen LogP contribution in [0.4, 0.5) is 0 Å². The van der Waals surface area contributed by atoms with Gasteiger partial charge in [0.2, 0.25) is 5.91 Å². The number of nitrogens with one attached hydrogen (secondary N) is 1. The number of hydrogen-bond acceptors (Lipinski definition) is 4. The van der Waals surface area contributed by atoms with Gasteiger partial charge in [0.05, 0.1) is 17.6 Å². The van der Waals surface area contributed by atoms with Crippen molar-refractivity contribution in [2.75, 3.05) is 33.4 Å². The summed E-state index contributed by atoms with van der Waals surface area (Å²) in [7, 11) is 1.60. The second-order valence-electron chi connectivity index (χ2n) is 3.90. The number of rotatable bonds is 9. The second-order valence-corrected chi connectivity index (χ2v) is 4.42. The summed E-state index contributed by atoms with van der Waals surface area (Å²) in [5, 5.41) is 2.81. The molecule has 0 fully saturated rings. The predicted molar refractivity (Wildman–Crippen MR) is 73.0 cm³/mol. The fourth-order valence-electron chi connectivity index (χ4n) is 1.49. The molecule has 0 heterocycles. The van der Waals surface area contributed by atoms with E-state index < -0.39 is 0 Å². The summed E-state index contributed by atoms with van der Waals surface area (Å²) in [4.78, 5) is 14.2. The number of nitrogens with zero attached hydrogens (tertiary/aromatic N) is 1. The van der Waals surface area contributed by atoms with Crippen LogP contribution in [-0.2, 0) is 9.53 Å². The van der Waals surface area contributed by atoms with Crippen LogP contribution in [-0.4, -0.2) is 55.2 Å². The number of ether oxygens (including phenoxy) is 1. The highest BCUT2D eigenvalue weighted by molar-refractivity contribution is 7.80. The lowest BCUT2D eigenvalue weighted by atomic mass is 10.2. The number of amides is 1. The zero-order valence-electron chi connectivity index (χ0n) is 10.9. The molecule has 0 radical (unpaired) electrons. The molecule has 0 aliphatic heterocycles. The van der Waals surface area contributed by atoms with Gasteiger partial charge >= 0.3 is 0 Å². The number of hydrogen-bond donors (Lipinski definition) is 2. The van der Waals surface area contributed by atoms with Crippen molar-refractivity contribution < 1.29 is 9.53 Å². The smallest absolute Gasteiger partial charge is 0.237 e. The Hall–Kier alpha value is -0.720. The fourth-order valence-corrected chi connectivity index (χ4v) is 1.65. The largest absolute Gasteiger partial charge is 0.392 e. The maximum absolute atomic E-state index is 11.8. The quantitative estimate of drug-likeness (QED) is 0.456. The van der Waals surface area contributed by atoms with E-state index in [-0.39, 0.29) is 11.9 Å². The van der Waals surface area contributed by atoms with E-state index in [1.165, 1.54) is 0 Å². The molecule has 1 atom stereocenters. The molecule has 1 unspecified atom stereocenters. The molecule has 0 saturated heterocycles. The van der Waals surface area contributed by atoms with Crippen LogP contribution in [0.5, 0.6) is 0 Å². The molecule has 17 heavy (non-hydrogen) atoms. The Morgan fingerprint density at radius 1 is 1.59 bits per heavy atom. The third kappa shape index (κ3) is 7.25. The first-order valence-corrected chi connectivity index (χ1v) is 6.22. The first kappa shape index (κ1) is 16.3. The topological polar surface area (TPSA) is 67.6 Å². The molecule has 3 N–H and O–H groups in total. The Kier molecular flexibility index (Phi) is 8.93. The van der Waals surface area contributed by atoms with E-state index in [2.05, 4.69) is 12.2 Å². The molecule has 0 aliphatic rings. The SMILES string of the molecule is CCCN(CC(N)=S)C(C)C(=O)NCCOC. The Morgan fingerprint density at radius 3 is 2.71 bits per heavy atom. The Bertz CT molecular complexity index is 249. The van der Waals surface area contributed by atoms with Crippen LogP contribution in [0.3, 0.4) is 0 Å². The molecule has 0 aromatic rings. The number of thiocarbonyl (C=S) groups is 1. The van der Waals surface area contributed by atoms with Crippen LogP contribution >= 0.6 is 12.2 Å². The number of carbonyl (C=O) groups excluding carboxylic acids is 1. The summed E-state index contributed by atoms with van der Waals surface area (Å²) in [5.41, 5.74) is 5.52. The van der Waals surface area contributed by atoms with Gasteiger partial charge in [0.1, 0.15) is 0 Å². The van der Waals surface area contributed by atoms with Crippen LogP contribution in [0.2, 0.25) is 0 Å². The average Bonchev–Trinajstić information content (AvgIpc) is 2.27. The van der Waals surface area contributed by atoms with E-state index in [1.54, 1.807) is 7.11 Å². The van der Waals surface area contributed by atoms with Crippen molar-refractivity contribution in [1.29, 1.82) is 0 Å². The molecule has 0 aliphatic carbocycles. The standard InChI is InChI=1S/C11H23N3O2S/c1-4-6-14(8-10(12)17)9(2)11(15)13-5-7-16-3/h9H,4-8H2,1-3H3,(H2,12,17)(H,13,15). The van der Waals surface area contributed by atoms with E-state index in [4.69, 9.17) is 22.7 Å². The molecule has 0 spiro atoms. The maximum atomic E-state index is 11.8. The third-order valence-electron chi connectivity index (χ3n) is 2.40. The molecule has 100 valence electrons. The van der Waals surface area contributed by atoms with Gasteiger partial charge in [-0.25, -0.2) is 0 Å². The molecule has 0 aromatic heterocycles. The molecular formula is C11H23N3O2S. The van der Waals surface area contributed by atoms with E-state index in [9.17, 15) is 4.79 Å². The van der Waals surface area contributed by atoms with Crippen molar-refractivity contribution in [2.24, 2.45) is 5.73 Å². The minimum atomic E-state index is -0.228. The van der Waals surface area contributed by atoms with E-state index in [1.807, 2.05) is 11.8 Å². The summed E-state index contributed by atoms with van der Waals surface area (Å²) in [6, 6.07) is -0.228. The van der Waals surface area contributed by atoms with Gasteiger partial charge in [0.15, 0.2) is 0 Å².